The average molecular weight is 314 g/mol. The van der Waals surface area contributed by atoms with E-state index in [2.05, 4.69) is 10.6 Å². The van der Waals surface area contributed by atoms with E-state index >= 15 is 0 Å². The van der Waals surface area contributed by atoms with Gasteiger partial charge in [0.1, 0.15) is 0 Å². The molecule has 0 aliphatic rings. The number of anilines is 1. The fourth-order valence-corrected chi connectivity index (χ4v) is 2.03. The van der Waals surface area contributed by atoms with Gasteiger partial charge in [-0.2, -0.15) is 0 Å². The zero-order valence-corrected chi connectivity index (χ0v) is 12.6. The summed E-state index contributed by atoms with van der Waals surface area (Å²) in [6.07, 6.45) is -3.66. The summed E-state index contributed by atoms with van der Waals surface area (Å²) in [4.78, 5) is 23.0. The lowest BCUT2D eigenvalue weighted by molar-refractivity contribution is -0.142. The minimum absolute atomic E-state index is 0.456. The van der Waals surface area contributed by atoms with Crippen LogP contribution in [0.4, 0.5) is 5.69 Å². The summed E-state index contributed by atoms with van der Waals surface area (Å²) in [6, 6.07) is 16.7. The molecular formula is C17H18N2O4. The monoisotopic (exact) mass is 314 g/mol. The molecule has 6 heteroatoms. The number of hydrogen-bond acceptors (Lipinski definition) is 4. The van der Waals surface area contributed by atoms with Gasteiger partial charge in [-0.1, -0.05) is 42.5 Å². The number of amides is 2. The SMILES string of the molecule is CNC(=O)[C@H](O)[C@@H](O)C(=O)Nc1ccc(-c2ccccc2)cc1. The van der Waals surface area contributed by atoms with Crippen LogP contribution < -0.4 is 10.6 Å². The van der Waals surface area contributed by atoms with Crippen LogP contribution in [0.5, 0.6) is 0 Å². The maximum atomic E-state index is 11.8. The number of carbonyl (C=O) groups is 2. The van der Waals surface area contributed by atoms with Crippen molar-refractivity contribution in [2.45, 2.75) is 12.2 Å². The maximum absolute atomic E-state index is 11.8. The minimum atomic E-state index is -1.84. The lowest BCUT2D eigenvalue weighted by atomic mass is 10.1. The third kappa shape index (κ3) is 4.15. The summed E-state index contributed by atoms with van der Waals surface area (Å²) in [5.74, 6) is -1.68. The fraction of sp³-hybridized carbons (Fsp3) is 0.176. The van der Waals surface area contributed by atoms with Gasteiger partial charge < -0.3 is 20.8 Å². The zero-order valence-electron chi connectivity index (χ0n) is 12.6. The van der Waals surface area contributed by atoms with E-state index in [9.17, 15) is 19.8 Å². The Morgan fingerprint density at radius 2 is 1.35 bits per heavy atom. The van der Waals surface area contributed by atoms with Crippen molar-refractivity contribution in [3.05, 3.63) is 54.6 Å². The zero-order chi connectivity index (χ0) is 16.8. The standard InChI is InChI=1S/C17H18N2O4/c1-18-16(22)14(20)15(21)17(23)19-13-9-7-12(8-10-13)11-5-3-2-4-6-11/h2-10,14-15,20-21H,1H3,(H,18,22)(H,19,23)/t14-,15-/m1/s1. The summed E-state index contributed by atoms with van der Waals surface area (Å²) in [5.41, 5.74) is 2.48. The number of aliphatic hydroxyl groups excluding tert-OH is 2. The highest BCUT2D eigenvalue weighted by molar-refractivity contribution is 5.98. The first-order chi connectivity index (χ1) is 11.0. The largest absolute Gasteiger partial charge is 0.380 e. The molecule has 0 fully saturated rings. The van der Waals surface area contributed by atoms with Gasteiger partial charge in [-0.3, -0.25) is 9.59 Å². The van der Waals surface area contributed by atoms with Crippen LogP contribution in [-0.2, 0) is 9.59 Å². The number of rotatable bonds is 5. The van der Waals surface area contributed by atoms with E-state index in [1.54, 1.807) is 12.1 Å². The summed E-state index contributed by atoms with van der Waals surface area (Å²) in [6.45, 7) is 0. The van der Waals surface area contributed by atoms with Crippen LogP contribution in [0.15, 0.2) is 54.6 Å². The molecular weight excluding hydrogens is 296 g/mol. The first-order valence-electron chi connectivity index (χ1n) is 7.07. The molecule has 6 nitrogen and oxygen atoms in total. The topological polar surface area (TPSA) is 98.7 Å². The fourth-order valence-electron chi connectivity index (χ4n) is 2.03. The molecule has 0 heterocycles. The second kappa shape index (κ2) is 7.53. The van der Waals surface area contributed by atoms with Crippen molar-refractivity contribution in [3.63, 3.8) is 0 Å². The summed E-state index contributed by atoms with van der Waals surface area (Å²) >= 11 is 0. The first kappa shape index (κ1) is 16.7. The van der Waals surface area contributed by atoms with Gasteiger partial charge >= 0.3 is 0 Å². The first-order valence-corrected chi connectivity index (χ1v) is 7.07. The van der Waals surface area contributed by atoms with Crippen LogP contribution in [-0.4, -0.2) is 41.3 Å². The van der Waals surface area contributed by atoms with Crippen LogP contribution in [0.2, 0.25) is 0 Å². The van der Waals surface area contributed by atoms with Gasteiger partial charge in [0.2, 0.25) is 0 Å². The molecule has 0 saturated heterocycles. The molecule has 120 valence electrons. The number of likely N-dealkylation sites (N-methyl/N-ethyl adjacent to an activating group) is 1. The molecule has 2 aromatic carbocycles. The maximum Gasteiger partial charge on any atom is 0.256 e. The third-order valence-electron chi connectivity index (χ3n) is 3.34. The van der Waals surface area contributed by atoms with E-state index in [-0.39, 0.29) is 0 Å². The van der Waals surface area contributed by atoms with Crippen molar-refractivity contribution in [2.75, 3.05) is 12.4 Å². The summed E-state index contributed by atoms with van der Waals surface area (Å²) in [7, 11) is 1.30. The summed E-state index contributed by atoms with van der Waals surface area (Å²) < 4.78 is 0. The van der Waals surface area contributed by atoms with Gasteiger partial charge in [0, 0.05) is 12.7 Å². The third-order valence-corrected chi connectivity index (χ3v) is 3.34. The van der Waals surface area contributed by atoms with E-state index in [1.165, 1.54) is 7.05 Å². The lowest BCUT2D eigenvalue weighted by Crippen LogP contribution is -2.46. The van der Waals surface area contributed by atoms with E-state index in [1.807, 2.05) is 42.5 Å². The smallest absolute Gasteiger partial charge is 0.256 e. The lowest BCUT2D eigenvalue weighted by Gasteiger charge is -2.16. The Morgan fingerprint density at radius 1 is 0.826 bits per heavy atom. The van der Waals surface area contributed by atoms with Crippen molar-refractivity contribution in [2.24, 2.45) is 0 Å². The van der Waals surface area contributed by atoms with Crippen molar-refractivity contribution in [1.82, 2.24) is 5.32 Å². The quantitative estimate of drug-likeness (QED) is 0.655. The predicted octanol–water partition coefficient (Wildman–Crippen LogP) is 0.760. The molecule has 0 saturated carbocycles. The second-order valence-corrected chi connectivity index (χ2v) is 4.94. The Hall–Kier alpha value is -2.70. The highest BCUT2D eigenvalue weighted by Gasteiger charge is 2.29. The molecule has 0 radical (unpaired) electrons. The predicted molar refractivity (Wildman–Crippen MR) is 86.6 cm³/mol. The van der Waals surface area contributed by atoms with Crippen molar-refractivity contribution >= 4 is 17.5 Å². The molecule has 0 unspecified atom stereocenters. The highest BCUT2D eigenvalue weighted by atomic mass is 16.3. The van der Waals surface area contributed by atoms with Crippen LogP contribution in [0, 0.1) is 0 Å². The Balaban J connectivity index is 2.03. The van der Waals surface area contributed by atoms with Gasteiger partial charge in [-0.25, -0.2) is 0 Å². The molecule has 2 rings (SSSR count). The minimum Gasteiger partial charge on any atom is -0.380 e. The molecule has 4 N–H and O–H groups in total. The van der Waals surface area contributed by atoms with E-state index in [4.69, 9.17) is 0 Å². The van der Waals surface area contributed by atoms with Crippen LogP contribution in [0.1, 0.15) is 0 Å². The van der Waals surface area contributed by atoms with E-state index < -0.39 is 24.0 Å². The van der Waals surface area contributed by atoms with Crippen molar-refractivity contribution in [1.29, 1.82) is 0 Å². The van der Waals surface area contributed by atoms with Crippen LogP contribution in [0.25, 0.3) is 11.1 Å². The van der Waals surface area contributed by atoms with Gasteiger partial charge in [0.05, 0.1) is 0 Å². The average Bonchev–Trinajstić information content (AvgIpc) is 2.61. The number of benzene rings is 2. The number of aliphatic hydroxyl groups is 2. The van der Waals surface area contributed by atoms with Gasteiger partial charge in [0.15, 0.2) is 12.2 Å². The molecule has 2 amide bonds. The molecule has 2 atom stereocenters. The number of nitrogens with one attached hydrogen (secondary N) is 2. The van der Waals surface area contributed by atoms with Gasteiger partial charge in [-0.05, 0) is 23.3 Å². The molecule has 0 aromatic heterocycles. The molecule has 2 aromatic rings. The number of hydrogen-bond donors (Lipinski definition) is 4. The molecule has 0 bridgehead atoms. The van der Waals surface area contributed by atoms with Crippen LogP contribution >= 0.6 is 0 Å². The van der Waals surface area contributed by atoms with E-state index in [0.717, 1.165) is 11.1 Å². The van der Waals surface area contributed by atoms with Gasteiger partial charge in [0.25, 0.3) is 11.8 Å². The number of carbonyl (C=O) groups excluding carboxylic acids is 2. The Kier molecular flexibility index (Phi) is 5.46. The highest BCUT2D eigenvalue weighted by Crippen LogP contribution is 2.21. The van der Waals surface area contributed by atoms with E-state index in [0.29, 0.717) is 5.69 Å². The van der Waals surface area contributed by atoms with Gasteiger partial charge in [-0.15, -0.1) is 0 Å². The summed E-state index contributed by atoms with van der Waals surface area (Å²) in [5, 5.41) is 23.8. The molecule has 0 aliphatic carbocycles. The normalized spacial score (nSPS) is 13.0. The second-order valence-electron chi connectivity index (χ2n) is 4.94. The van der Waals surface area contributed by atoms with Crippen molar-refractivity contribution in [3.8, 4) is 11.1 Å². The molecule has 0 spiro atoms. The van der Waals surface area contributed by atoms with Crippen LogP contribution in [0.3, 0.4) is 0 Å². The van der Waals surface area contributed by atoms with Crippen molar-refractivity contribution < 1.29 is 19.8 Å². The molecule has 23 heavy (non-hydrogen) atoms. The Morgan fingerprint density at radius 3 is 1.91 bits per heavy atom. The Labute approximate surface area is 133 Å². The Bertz CT molecular complexity index is 671. The molecule has 0 aliphatic heterocycles.